The van der Waals surface area contributed by atoms with E-state index >= 15 is 0 Å². The molecule has 2 heterocycles. The fourth-order valence-electron chi connectivity index (χ4n) is 1.87. The van der Waals surface area contributed by atoms with Gasteiger partial charge in [0.15, 0.2) is 5.82 Å². The van der Waals surface area contributed by atoms with E-state index in [1.807, 2.05) is 17.7 Å². The fourth-order valence-corrected chi connectivity index (χ4v) is 1.87. The maximum atomic E-state index is 13.7. The summed E-state index contributed by atoms with van der Waals surface area (Å²) in [7, 11) is 0. The molecule has 2 aromatic rings. The second kappa shape index (κ2) is 6.26. The minimum absolute atomic E-state index is 0.370. The number of rotatable bonds is 6. The lowest BCUT2D eigenvalue weighted by atomic mass is 10.2. The number of nitrogens with zero attached hydrogens (tertiary/aromatic N) is 4. The Balaban J connectivity index is 2.21. The third-order valence-electron chi connectivity index (χ3n) is 2.74. The van der Waals surface area contributed by atoms with E-state index in [0.29, 0.717) is 24.6 Å². The van der Waals surface area contributed by atoms with Crippen LogP contribution in [0.4, 0.5) is 10.3 Å². The van der Waals surface area contributed by atoms with Crippen LogP contribution in [0.5, 0.6) is 0 Å². The van der Waals surface area contributed by atoms with E-state index in [-0.39, 0.29) is 0 Å². The summed E-state index contributed by atoms with van der Waals surface area (Å²) in [5.41, 5.74) is 0.370. The molecule has 0 fully saturated rings. The van der Waals surface area contributed by atoms with Gasteiger partial charge >= 0.3 is 0 Å². The summed E-state index contributed by atoms with van der Waals surface area (Å²) in [6, 6.07) is 0. The monoisotopic (exact) mass is 263 g/mol. The number of hydrogen-bond donors (Lipinski definition) is 1. The zero-order valence-electron chi connectivity index (χ0n) is 11.2. The Hall–Kier alpha value is -1.98. The largest absolute Gasteiger partial charge is 0.354 e. The standard InChI is InChI=1S/C13H18FN5/c1-3-6-19-7-5-16-12(19)8-11-10(14)9-17-13(18-11)15-4-2/h5,7,9H,3-4,6,8H2,1-2H3,(H,15,17,18). The highest BCUT2D eigenvalue weighted by molar-refractivity contribution is 5.26. The van der Waals surface area contributed by atoms with Crippen LogP contribution < -0.4 is 5.32 Å². The Labute approximate surface area is 111 Å². The molecule has 19 heavy (non-hydrogen) atoms. The second-order valence-electron chi connectivity index (χ2n) is 4.23. The van der Waals surface area contributed by atoms with Crippen molar-refractivity contribution in [3.8, 4) is 0 Å². The van der Waals surface area contributed by atoms with Crippen molar-refractivity contribution in [1.82, 2.24) is 19.5 Å². The van der Waals surface area contributed by atoms with Gasteiger partial charge in [-0.2, -0.15) is 0 Å². The Kier molecular flexibility index (Phi) is 4.43. The molecule has 0 aliphatic rings. The van der Waals surface area contributed by atoms with Crippen molar-refractivity contribution in [3.63, 3.8) is 0 Å². The number of imidazole rings is 1. The highest BCUT2D eigenvalue weighted by atomic mass is 19.1. The number of halogens is 1. The normalized spacial score (nSPS) is 10.7. The molecule has 0 aromatic carbocycles. The quantitative estimate of drug-likeness (QED) is 0.868. The Morgan fingerprint density at radius 2 is 2.16 bits per heavy atom. The molecule has 0 atom stereocenters. The van der Waals surface area contributed by atoms with Crippen molar-refractivity contribution < 1.29 is 4.39 Å². The second-order valence-corrected chi connectivity index (χ2v) is 4.23. The average molecular weight is 263 g/mol. The van der Waals surface area contributed by atoms with Gasteiger partial charge in [-0.25, -0.2) is 19.3 Å². The van der Waals surface area contributed by atoms with Crippen LogP contribution in [0.15, 0.2) is 18.6 Å². The van der Waals surface area contributed by atoms with Crippen LogP contribution in [-0.2, 0) is 13.0 Å². The van der Waals surface area contributed by atoms with Gasteiger partial charge in [0, 0.05) is 25.5 Å². The summed E-state index contributed by atoms with van der Waals surface area (Å²) < 4.78 is 15.8. The lowest BCUT2D eigenvalue weighted by molar-refractivity contribution is 0.585. The fraction of sp³-hybridized carbons (Fsp3) is 0.462. The molecule has 0 unspecified atom stereocenters. The predicted octanol–water partition coefficient (Wildman–Crippen LogP) is 2.24. The average Bonchev–Trinajstić information content (AvgIpc) is 2.82. The van der Waals surface area contributed by atoms with E-state index < -0.39 is 5.82 Å². The highest BCUT2D eigenvalue weighted by Crippen LogP contribution is 2.12. The first kappa shape index (κ1) is 13.5. The molecule has 0 aliphatic heterocycles. The molecule has 102 valence electrons. The minimum atomic E-state index is -0.396. The van der Waals surface area contributed by atoms with Gasteiger partial charge < -0.3 is 9.88 Å². The predicted molar refractivity (Wildman–Crippen MR) is 71.5 cm³/mol. The van der Waals surface area contributed by atoms with E-state index in [4.69, 9.17) is 0 Å². The van der Waals surface area contributed by atoms with E-state index in [1.165, 1.54) is 6.20 Å². The molecule has 0 spiro atoms. The van der Waals surface area contributed by atoms with Crippen molar-refractivity contribution in [2.24, 2.45) is 0 Å². The molecule has 0 aliphatic carbocycles. The van der Waals surface area contributed by atoms with Crippen molar-refractivity contribution >= 4 is 5.95 Å². The third kappa shape index (κ3) is 3.27. The molecule has 0 saturated heterocycles. The number of anilines is 1. The molecular weight excluding hydrogens is 245 g/mol. The maximum absolute atomic E-state index is 13.7. The first-order chi connectivity index (χ1) is 9.24. The van der Waals surface area contributed by atoms with Gasteiger partial charge in [-0.3, -0.25) is 0 Å². The molecule has 5 nitrogen and oxygen atoms in total. The van der Waals surface area contributed by atoms with Crippen LogP contribution in [0.3, 0.4) is 0 Å². The Morgan fingerprint density at radius 1 is 1.32 bits per heavy atom. The summed E-state index contributed by atoms with van der Waals surface area (Å²) in [6.45, 7) is 5.62. The van der Waals surface area contributed by atoms with Gasteiger partial charge in [-0.05, 0) is 13.3 Å². The Morgan fingerprint density at radius 3 is 2.89 bits per heavy atom. The van der Waals surface area contributed by atoms with Crippen LogP contribution >= 0.6 is 0 Å². The van der Waals surface area contributed by atoms with E-state index in [0.717, 1.165) is 18.8 Å². The number of nitrogens with one attached hydrogen (secondary N) is 1. The van der Waals surface area contributed by atoms with Gasteiger partial charge in [0.05, 0.1) is 18.3 Å². The van der Waals surface area contributed by atoms with Crippen molar-refractivity contribution in [3.05, 3.63) is 35.9 Å². The van der Waals surface area contributed by atoms with E-state index in [1.54, 1.807) is 6.20 Å². The lowest BCUT2D eigenvalue weighted by Crippen LogP contribution is -2.09. The topological polar surface area (TPSA) is 55.6 Å². The van der Waals surface area contributed by atoms with Crippen LogP contribution in [0, 0.1) is 5.82 Å². The molecular formula is C13H18FN5. The maximum Gasteiger partial charge on any atom is 0.223 e. The van der Waals surface area contributed by atoms with Crippen LogP contribution in [-0.4, -0.2) is 26.1 Å². The zero-order chi connectivity index (χ0) is 13.7. The lowest BCUT2D eigenvalue weighted by Gasteiger charge is -2.08. The van der Waals surface area contributed by atoms with Crippen molar-refractivity contribution in [2.45, 2.75) is 33.2 Å². The summed E-state index contributed by atoms with van der Waals surface area (Å²) in [5.74, 6) is 0.877. The highest BCUT2D eigenvalue weighted by Gasteiger charge is 2.11. The molecule has 0 saturated carbocycles. The molecule has 0 bridgehead atoms. The van der Waals surface area contributed by atoms with Crippen LogP contribution in [0.2, 0.25) is 0 Å². The zero-order valence-corrected chi connectivity index (χ0v) is 11.2. The smallest absolute Gasteiger partial charge is 0.223 e. The number of aromatic nitrogens is 4. The number of hydrogen-bond acceptors (Lipinski definition) is 4. The van der Waals surface area contributed by atoms with Gasteiger partial charge in [0.1, 0.15) is 5.82 Å². The van der Waals surface area contributed by atoms with Crippen molar-refractivity contribution in [1.29, 1.82) is 0 Å². The van der Waals surface area contributed by atoms with Crippen LogP contribution in [0.25, 0.3) is 0 Å². The molecule has 2 rings (SSSR count). The van der Waals surface area contributed by atoms with Gasteiger partial charge in [0.25, 0.3) is 0 Å². The van der Waals surface area contributed by atoms with E-state index in [2.05, 4.69) is 27.2 Å². The Bertz CT molecular complexity index is 538. The number of aryl methyl sites for hydroxylation is 1. The minimum Gasteiger partial charge on any atom is -0.354 e. The van der Waals surface area contributed by atoms with Crippen LogP contribution in [0.1, 0.15) is 31.8 Å². The van der Waals surface area contributed by atoms with E-state index in [9.17, 15) is 4.39 Å². The summed E-state index contributed by atoms with van der Waals surface area (Å²) in [6.07, 6.45) is 6.23. The molecule has 0 amide bonds. The van der Waals surface area contributed by atoms with Gasteiger partial charge in [-0.1, -0.05) is 6.92 Å². The first-order valence-corrected chi connectivity index (χ1v) is 6.49. The van der Waals surface area contributed by atoms with Gasteiger partial charge in [-0.15, -0.1) is 0 Å². The summed E-state index contributed by atoms with van der Waals surface area (Å²) >= 11 is 0. The molecule has 2 aromatic heterocycles. The SMILES string of the molecule is CCCn1ccnc1Cc1nc(NCC)ncc1F. The summed E-state index contributed by atoms with van der Waals surface area (Å²) in [4.78, 5) is 12.3. The molecule has 6 heteroatoms. The molecule has 1 N–H and O–H groups in total. The molecule has 0 radical (unpaired) electrons. The first-order valence-electron chi connectivity index (χ1n) is 6.49. The summed E-state index contributed by atoms with van der Waals surface area (Å²) in [5, 5.41) is 2.98. The third-order valence-corrected chi connectivity index (χ3v) is 2.74. The van der Waals surface area contributed by atoms with Crippen molar-refractivity contribution in [2.75, 3.05) is 11.9 Å². The van der Waals surface area contributed by atoms with Gasteiger partial charge in [0.2, 0.25) is 5.95 Å².